The number of nitrogens with zero attached hydrogens (tertiary/aromatic N) is 6. The van der Waals surface area contributed by atoms with Crippen molar-refractivity contribution in [1.29, 1.82) is 0 Å². The Kier molecular flexibility index (Phi) is 4.54. The summed E-state index contributed by atoms with van der Waals surface area (Å²) in [6.45, 7) is 5.86. The zero-order valence-electron chi connectivity index (χ0n) is 17.7. The van der Waals surface area contributed by atoms with Crippen LogP contribution < -0.4 is 10.9 Å². The number of hydrogen-bond donors (Lipinski definition) is 2. The van der Waals surface area contributed by atoms with Gasteiger partial charge in [-0.05, 0) is 39.0 Å². The Bertz CT molecular complexity index is 1540. The van der Waals surface area contributed by atoms with Crippen LogP contribution in [-0.2, 0) is 0 Å². The van der Waals surface area contributed by atoms with Gasteiger partial charge < -0.3 is 10.3 Å². The van der Waals surface area contributed by atoms with Crippen LogP contribution in [0, 0.1) is 6.92 Å². The molecule has 0 radical (unpaired) electrons. The molecule has 4 heterocycles. The quantitative estimate of drug-likeness (QED) is 0.454. The highest BCUT2D eigenvalue weighted by atomic mass is 16.1. The fourth-order valence-electron chi connectivity index (χ4n) is 3.66. The van der Waals surface area contributed by atoms with Crippen LogP contribution in [-0.4, -0.2) is 40.4 Å². The number of hydrogen-bond acceptors (Lipinski definition) is 6. The number of nitrogens with one attached hydrogen (secondary N) is 2. The fraction of sp³-hybridized carbons (Fsp3) is 0.182. The second kappa shape index (κ2) is 7.41. The summed E-state index contributed by atoms with van der Waals surface area (Å²) >= 11 is 0. The Morgan fingerprint density at radius 2 is 1.94 bits per heavy atom. The average Bonchev–Trinajstić information content (AvgIpc) is 3.38. The third kappa shape index (κ3) is 3.13. The summed E-state index contributed by atoms with van der Waals surface area (Å²) < 4.78 is 3.36. The van der Waals surface area contributed by atoms with E-state index in [1.807, 2.05) is 30.7 Å². The van der Waals surface area contributed by atoms with E-state index >= 15 is 0 Å². The molecule has 5 aromatic rings. The molecule has 10 nitrogen and oxygen atoms in total. The molecule has 0 atom stereocenters. The fourth-order valence-corrected chi connectivity index (χ4v) is 3.66. The van der Waals surface area contributed by atoms with Crippen molar-refractivity contribution < 1.29 is 4.79 Å². The number of anilines is 1. The van der Waals surface area contributed by atoms with E-state index in [2.05, 4.69) is 30.5 Å². The number of rotatable bonds is 4. The van der Waals surface area contributed by atoms with Crippen LogP contribution >= 0.6 is 0 Å². The SMILES string of the molecule is Cc1nc2c(cnn2C(C)C)cc1C(=O)Nc1ccccc1-n1ncc2c(=O)[nH]cnc21. The van der Waals surface area contributed by atoms with E-state index < -0.39 is 0 Å². The lowest BCUT2D eigenvalue weighted by Gasteiger charge is -2.13. The highest BCUT2D eigenvalue weighted by Gasteiger charge is 2.18. The van der Waals surface area contributed by atoms with Gasteiger partial charge in [0, 0.05) is 11.4 Å². The summed E-state index contributed by atoms with van der Waals surface area (Å²) in [7, 11) is 0. The molecule has 0 aliphatic rings. The van der Waals surface area contributed by atoms with E-state index in [9.17, 15) is 9.59 Å². The average molecular weight is 428 g/mol. The van der Waals surface area contributed by atoms with Gasteiger partial charge in [0.15, 0.2) is 11.3 Å². The summed E-state index contributed by atoms with van der Waals surface area (Å²) in [5.74, 6) is -0.302. The Morgan fingerprint density at radius 1 is 1.12 bits per heavy atom. The van der Waals surface area contributed by atoms with Gasteiger partial charge in [-0.25, -0.2) is 19.3 Å². The van der Waals surface area contributed by atoms with Gasteiger partial charge in [0.2, 0.25) is 0 Å². The number of H-pyrrole nitrogens is 1. The Hall–Kier alpha value is -4.34. The summed E-state index contributed by atoms with van der Waals surface area (Å²) in [4.78, 5) is 36.6. The lowest BCUT2D eigenvalue weighted by atomic mass is 10.1. The summed E-state index contributed by atoms with van der Waals surface area (Å²) in [5.41, 5.74) is 3.04. The Labute approximate surface area is 181 Å². The van der Waals surface area contributed by atoms with E-state index in [1.54, 1.807) is 31.3 Å². The lowest BCUT2D eigenvalue weighted by Crippen LogP contribution is -2.16. The van der Waals surface area contributed by atoms with Gasteiger partial charge in [-0.3, -0.25) is 9.59 Å². The van der Waals surface area contributed by atoms with Crippen LogP contribution in [0.25, 0.3) is 27.8 Å². The number of aryl methyl sites for hydroxylation is 1. The predicted octanol–water partition coefficient (Wildman–Crippen LogP) is 3.00. The maximum Gasteiger partial charge on any atom is 0.261 e. The molecule has 0 aliphatic heterocycles. The second-order valence-electron chi connectivity index (χ2n) is 7.71. The number of aromatic amines is 1. The van der Waals surface area contributed by atoms with E-state index in [0.717, 1.165) is 11.0 Å². The first-order chi connectivity index (χ1) is 15.4. The number of amides is 1. The lowest BCUT2D eigenvalue weighted by molar-refractivity contribution is 0.102. The number of carbonyl (C=O) groups excluding carboxylic acids is 1. The molecule has 0 saturated carbocycles. The number of para-hydroxylation sites is 2. The maximum atomic E-state index is 13.2. The minimum Gasteiger partial charge on any atom is -0.320 e. The van der Waals surface area contributed by atoms with Gasteiger partial charge in [-0.2, -0.15) is 10.2 Å². The van der Waals surface area contributed by atoms with Crippen molar-refractivity contribution in [2.45, 2.75) is 26.8 Å². The molecule has 2 N–H and O–H groups in total. The molecule has 10 heteroatoms. The molecule has 4 aromatic heterocycles. The third-order valence-corrected chi connectivity index (χ3v) is 5.24. The second-order valence-corrected chi connectivity index (χ2v) is 7.71. The molecule has 1 amide bonds. The molecule has 1 aromatic carbocycles. The van der Waals surface area contributed by atoms with E-state index in [4.69, 9.17) is 0 Å². The smallest absolute Gasteiger partial charge is 0.261 e. The van der Waals surface area contributed by atoms with Gasteiger partial charge in [0.25, 0.3) is 11.5 Å². The van der Waals surface area contributed by atoms with Gasteiger partial charge in [-0.1, -0.05) is 12.1 Å². The van der Waals surface area contributed by atoms with E-state index in [-0.39, 0.29) is 17.5 Å². The topological polar surface area (TPSA) is 123 Å². The molecule has 0 bridgehead atoms. The molecule has 0 spiro atoms. The van der Waals surface area contributed by atoms with Gasteiger partial charge in [0.05, 0.1) is 41.4 Å². The number of aromatic nitrogens is 7. The zero-order valence-corrected chi connectivity index (χ0v) is 17.7. The summed E-state index contributed by atoms with van der Waals surface area (Å²) in [5, 5.41) is 12.8. The molecule has 0 aliphatic carbocycles. The largest absolute Gasteiger partial charge is 0.320 e. The summed E-state index contributed by atoms with van der Waals surface area (Å²) in [6, 6.07) is 9.16. The number of fused-ring (bicyclic) bond motifs is 2. The standard InChI is InChI=1S/C22H20N8O2/c1-12(2)29-19-14(9-25-29)8-15(13(3)27-19)22(32)28-17-6-4-5-7-18(17)30-20-16(10-26-30)21(31)24-11-23-20/h4-12H,1-3H3,(H,28,32)(H,23,24,31). The van der Waals surface area contributed by atoms with Crippen molar-refractivity contribution in [3.63, 3.8) is 0 Å². The molecule has 160 valence electrons. The van der Waals surface area contributed by atoms with Crippen LogP contribution in [0.4, 0.5) is 5.69 Å². The van der Waals surface area contributed by atoms with Crippen molar-refractivity contribution in [3.05, 3.63) is 70.7 Å². The first-order valence-corrected chi connectivity index (χ1v) is 10.1. The van der Waals surface area contributed by atoms with E-state index in [1.165, 1.54) is 17.2 Å². The Morgan fingerprint density at radius 3 is 2.75 bits per heavy atom. The highest BCUT2D eigenvalue weighted by molar-refractivity contribution is 6.07. The molecular formula is C22H20N8O2. The Balaban J connectivity index is 1.54. The number of carbonyl (C=O) groups is 1. The van der Waals surface area contributed by atoms with Crippen molar-refractivity contribution in [2.75, 3.05) is 5.32 Å². The first-order valence-electron chi connectivity index (χ1n) is 10.1. The van der Waals surface area contributed by atoms with Crippen molar-refractivity contribution >= 4 is 33.7 Å². The predicted molar refractivity (Wildman–Crippen MR) is 120 cm³/mol. The van der Waals surface area contributed by atoms with Crippen LogP contribution in [0.2, 0.25) is 0 Å². The molecule has 32 heavy (non-hydrogen) atoms. The van der Waals surface area contributed by atoms with E-state index in [0.29, 0.717) is 33.7 Å². The van der Waals surface area contributed by atoms with Crippen LogP contribution in [0.5, 0.6) is 0 Å². The van der Waals surface area contributed by atoms with Crippen LogP contribution in [0.1, 0.15) is 35.9 Å². The number of pyridine rings is 1. The maximum absolute atomic E-state index is 13.2. The molecular weight excluding hydrogens is 408 g/mol. The minimum absolute atomic E-state index is 0.163. The van der Waals surface area contributed by atoms with Gasteiger partial charge >= 0.3 is 0 Å². The van der Waals surface area contributed by atoms with Gasteiger partial charge in [0.1, 0.15) is 5.39 Å². The van der Waals surface area contributed by atoms with Crippen molar-refractivity contribution in [3.8, 4) is 5.69 Å². The molecule has 0 unspecified atom stereocenters. The summed E-state index contributed by atoms with van der Waals surface area (Å²) in [6.07, 6.45) is 4.49. The molecule has 0 fully saturated rings. The zero-order chi connectivity index (χ0) is 22.4. The third-order valence-electron chi connectivity index (χ3n) is 5.24. The molecule has 0 saturated heterocycles. The van der Waals surface area contributed by atoms with Crippen LogP contribution in [0.15, 0.2) is 53.8 Å². The monoisotopic (exact) mass is 428 g/mol. The van der Waals surface area contributed by atoms with Crippen LogP contribution in [0.3, 0.4) is 0 Å². The van der Waals surface area contributed by atoms with Crippen molar-refractivity contribution in [2.24, 2.45) is 0 Å². The normalized spacial score (nSPS) is 11.5. The van der Waals surface area contributed by atoms with Gasteiger partial charge in [-0.15, -0.1) is 0 Å². The van der Waals surface area contributed by atoms with Crippen molar-refractivity contribution in [1.82, 2.24) is 34.5 Å². The highest BCUT2D eigenvalue weighted by Crippen LogP contribution is 2.24. The minimum atomic E-state index is -0.302. The number of benzene rings is 1. The first kappa shape index (κ1) is 19.6. The molecule has 5 rings (SSSR count).